The summed E-state index contributed by atoms with van der Waals surface area (Å²) in [6, 6.07) is 19.3. The topological polar surface area (TPSA) is 33.5 Å². The standard InChI is InChI=1S/C22H16ClNO2S2/c1-14-7-8-16(11-18(14)23)19-10-9-17(26-19)12-20-21(25)24(22(27)28-20)13-15-5-3-2-4-6-15/h2-12H,13H2,1H3. The average Bonchev–Trinajstić information content (AvgIpc) is 3.25. The number of rotatable bonds is 4. The van der Waals surface area contributed by atoms with Gasteiger partial charge >= 0.3 is 0 Å². The van der Waals surface area contributed by atoms with Crippen LogP contribution in [0.1, 0.15) is 16.9 Å². The van der Waals surface area contributed by atoms with Crippen molar-refractivity contribution in [3.05, 3.63) is 87.5 Å². The third-order valence-electron chi connectivity index (χ3n) is 4.41. The van der Waals surface area contributed by atoms with Gasteiger partial charge in [-0.15, -0.1) is 0 Å². The molecule has 2 heterocycles. The first-order valence-electron chi connectivity index (χ1n) is 8.67. The third kappa shape index (κ3) is 3.92. The minimum Gasteiger partial charge on any atom is -0.457 e. The van der Waals surface area contributed by atoms with E-state index in [9.17, 15) is 4.79 Å². The summed E-state index contributed by atoms with van der Waals surface area (Å²) >= 11 is 12.9. The highest BCUT2D eigenvalue weighted by atomic mass is 35.5. The van der Waals surface area contributed by atoms with Gasteiger partial charge in [0.2, 0.25) is 0 Å². The Morgan fingerprint density at radius 2 is 1.93 bits per heavy atom. The van der Waals surface area contributed by atoms with E-state index in [1.165, 1.54) is 11.8 Å². The molecule has 0 saturated carbocycles. The highest BCUT2D eigenvalue weighted by Gasteiger charge is 2.32. The van der Waals surface area contributed by atoms with Crippen molar-refractivity contribution in [2.75, 3.05) is 0 Å². The number of hydrogen-bond donors (Lipinski definition) is 0. The van der Waals surface area contributed by atoms with Crippen molar-refractivity contribution >= 4 is 51.9 Å². The Bertz CT molecular complexity index is 1090. The van der Waals surface area contributed by atoms with Crippen LogP contribution >= 0.6 is 35.6 Å². The number of nitrogens with zero attached hydrogens (tertiary/aromatic N) is 1. The van der Waals surface area contributed by atoms with E-state index in [1.54, 1.807) is 11.0 Å². The van der Waals surface area contributed by atoms with Crippen molar-refractivity contribution in [1.29, 1.82) is 0 Å². The van der Waals surface area contributed by atoms with E-state index >= 15 is 0 Å². The SMILES string of the molecule is Cc1ccc(-c2ccc(C=C3SC(=S)N(Cc4ccccc4)C3=O)o2)cc1Cl. The molecule has 0 N–H and O–H groups in total. The van der Waals surface area contributed by atoms with Gasteiger partial charge in [-0.05, 0) is 36.2 Å². The minimum absolute atomic E-state index is 0.102. The normalized spacial score (nSPS) is 15.6. The molecule has 1 aliphatic rings. The van der Waals surface area contributed by atoms with E-state index in [1.807, 2.05) is 67.6 Å². The summed E-state index contributed by atoms with van der Waals surface area (Å²) in [7, 11) is 0. The van der Waals surface area contributed by atoms with Crippen LogP contribution in [0.5, 0.6) is 0 Å². The predicted octanol–water partition coefficient (Wildman–Crippen LogP) is 6.31. The number of thioether (sulfide) groups is 1. The van der Waals surface area contributed by atoms with E-state index in [2.05, 4.69) is 0 Å². The fourth-order valence-electron chi connectivity index (χ4n) is 2.86. The third-order valence-corrected chi connectivity index (χ3v) is 6.20. The van der Waals surface area contributed by atoms with Gasteiger partial charge in [0.05, 0.1) is 11.4 Å². The molecule has 1 aromatic heterocycles. The first-order chi connectivity index (χ1) is 13.5. The fraction of sp³-hybridized carbons (Fsp3) is 0.0909. The van der Waals surface area contributed by atoms with Gasteiger partial charge in [0.15, 0.2) is 0 Å². The van der Waals surface area contributed by atoms with Gasteiger partial charge in [0.1, 0.15) is 15.8 Å². The van der Waals surface area contributed by atoms with Crippen molar-refractivity contribution < 1.29 is 9.21 Å². The number of aryl methyl sites for hydroxylation is 1. The number of furan rings is 1. The zero-order valence-electron chi connectivity index (χ0n) is 15.0. The number of hydrogen-bond acceptors (Lipinski definition) is 4. The fourth-order valence-corrected chi connectivity index (χ4v) is 4.28. The van der Waals surface area contributed by atoms with Crippen LogP contribution < -0.4 is 0 Å². The molecule has 140 valence electrons. The van der Waals surface area contributed by atoms with E-state index in [0.717, 1.165) is 16.7 Å². The summed E-state index contributed by atoms with van der Waals surface area (Å²) in [4.78, 5) is 14.9. The average molecular weight is 426 g/mol. The lowest BCUT2D eigenvalue weighted by atomic mass is 10.1. The molecule has 1 fully saturated rings. The second-order valence-electron chi connectivity index (χ2n) is 6.42. The predicted molar refractivity (Wildman–Crippen MR) is 119 cm³/mol. The van der Waals surface area contributed by atoms with Crippen LogP contribution in [0.2, 0.25) is 5.02 Å². The van der Waals surface area contributed by atoms with E-state index in [0.29, 0.717) is 32.3 Å². The maximum Gasteiger partial charge on any atom is 0.266 e. The lowest BCUT2D eigenvalue weighted by Crippen LogP contribution is -2.27. The Morgan fingerprint density at radius 3 is 2.68 bits per heavy atom. The number of benzene rings is 2. The minimum atomic E-state index is -0.102. The van der Waals surface area contributed by atoms with Gasteiger partial charge in [-0.2, -0.15) is 0 Å². The highest BCUT2D eigenvalue weighted by molar-refractivity contribution is 8.26. The molecule has 1 amide bonds. The van der Waals surface area contributed by atoms with Gasteiger partial charge in [0, 0.05) is 16.7 Å². The van der Waals surface area contributed by atoms with E-state index in [-0.39, 0.29) is 5.91 Å². The molecule has 0 bridgehead atoms. The maximum absolute atomic E-state index is 12.8. The van der Waals surface area contributed by atoms with E-state index < -0.39 is 0 Å². The zero-order chi connectivity index (χ0) is 19.7. The Labute approximate surface area is 178 Å². The second kappa shape index (κ2) is 7.95. The molecular formula is C22H16ClNO2S2. The smallest absolute Gasteiger partial charge is 0.266 e. The van der Waals surface area contributed by atoms with Gasteiger partial charge in [-0.1, -0.05) is 78.0 Å². The highest BCUT2D eigenvalue weighted by Crippen LogP contribution is 2.35. The molecule has 0 unspecified atom stereocenters. The number of amides is 1. The molecule has 1 aliphatic heterocycles. The van der Waals surface area contributed by atoms with Crippen molar-refractivity contribution in [3.8, 4) is 11.3 Å². The number of carbonyl (C=O) groups excluding carboxylic acids is 1. The number of carbonyl (C=O) groups is 1. The molecule has 3 nitrogen and oxygen atoms in total. The number of halogens is 1. The van der Waals surface area contributed by atoms with Gasteiger partial charge in [-0.3, -0.25) is 9.69 Å². The first-order valence-corrected chi connectivity index (χ1v) is 10.3. The molecule has 6 heteroatoms. The molecule has 4 rings (SSSR count). The molecule has 28 heavy (non-hydrogen) atoms. The van der Waals surface area contributed by atoms with Crippen LogP contribution in [0.25, 0.3) is 17.4 Å². The van der Waals surface area contributed by atoms with Crippen molar-refractivity contribution in [2.24, 2.45) is 0 Å². The van der Waals surface area contributed by atoms with Crippen LogP contribution in [0.4, 0.5) is 0 Å². The Kier molecular flexibility index (Phi) is 5.40. The van der Waals surface area contributed by atoms with Gasteiger partial charge in [-0.25, -0.2) is 0 Å². The van der Waals surface area contributed by atoms with Crippen LogP contribution in [-0.4, -0.2) is 15.1 Å². The summed E-state index contributed by atoms with van der Waals surface area (Å²) in [6.45, 7) is 2.42. The quantitative estimate of drug-likeness (QED) is 0.362. The molecule has 2 aromatic carbocycles. The van der Waals surface area contributed by atoms with Crippen LogP contribution in [0, 0.1) is 6.92 Å². The van der Waals surface area contributed by atoms with Gasteiger partial charge < -0.3 is 4.42 Å². The molecular weight excluding hydrogens is 410 g/mol. The Balaban J connectivity index is 1.55. The number of thiocarbonyl (C=S) groups is 1. The molecule has 0 atom stereocenters. The largest absolute Gasteiger partial charge is 0.457 e. The molecule has 0 aliphatic carbocycles. The van der Waals surface area contributed by atoms with Crippen LogP contribution in [0.3, 0.4) is 0 Å². The Morgan fingerprint density at radius 1 is 1.14 bits per heavy atom. The van der Waals surface area contributed by atoms with E-state index in [4.69, 9.17) is 28.2 Å². The summed E-state index contributed by atoms with van der Waals surface area (Å²) in [5.74, 6) is 1.20. The zero-order valence-corrected chi connectivity index (χ0v) is 17.4. The first kappa shape index (κ1) is 19.0. The van der Waals surface area contributed by atoms with Crippen LogP contribution in [0.15, 0.2) is 70.0 Å². The molecule has 0 spiro atoms. The van der Waals surface area contributed by atoms with Gasteiger partial charge in [0.25, 0.3) is 5.91 Å². The summed E-state index contributed by atoms with van der Waals surface area (Å²) in [5.41, 5.74) is 2.95. The Hall–Kier alpha value is -2.34. The summed E-state index contributed by atoms with van der Waals surface area (Å²) < 4.78 is 6.45. The second-order valence-corrected chi connectivity index (χ2v) is 8.50. The van der Waals surface area contributed by atoms with Crippen molar-refractivity contribution in [1.82, 2.24) is 4.90 Å². The maximum atomic E-state index is 12.8. The van der Waals surface area contributed by atoms with Crippen molar-refractivity contribution in [3.63, 3.8) is 0 Å². The monoisotopic (exact) mass is 425 g/mol. The van der Waals surface area contributed by atoms with Crippen LogP contribution in [-0.2, 0) is 11.3 Å². The molecule has 0 radical (unpaired) electrons. The van der Waals surface area contributed by atoms with Crippen molar-refractivity contribution in [2.45, 2.75) is 13.5 Å². The summed E-state index contributed by atoms with van der Waals surface area (Å²) in [5, 5.41) is 0.692. The molecule has 1 saturated heterocycles. The lowest BCUT2D eigenvalue weighted by Gasteiger charge is -2.14. The summed E-state index contributed by atoms with van der Waals surface area (Å²) in [6.07, 6.45) is 1.74. The lowest BCUT2D eigenvalue weighted by molar-refractivity contribution is -0.122. The molecule has 3 aromatic rings.